The largest absolute Gasteiger partial charge is 0.396 e. The predicted octanol–water partition coefficient (Wildman–Crippen LogP) is 1.53. The van der Waals surface area contributed by atoms with Crippen molar-refractivity contribution in [1.29, 1.82) is 0 Å². The minimum atomic E-state index is -0.0813. The molecule has 2 N–H and O–H groups in total. The van der Waals surface area contributed by atoms with Crippen molar-refractivity contribution >= 4 is 5.91 Å². The van der Waals surface area contributed by atoms with Crippen LogP contribution in [-0.2, 0) is 4.79 Å². The van der Waals surface area contributed by atoms with Crippen LogP contribution in [0.1, 0.15) is 51.4 Å². The zero-order valence-corrected chi connectivity index (χ0v) is 12.4. The van der Waals surface area contributed by atoms with Crippen molar-refractivity contribution < 1.29 is 9.90 Å². The van der Waals surface area contributed by atoms with E-state index in [9.17, 15) is 4.79 Å². The molecule has 1 saturated carbocycles. The molecule has 0 bridgehead atoms. The minimum absolute atomic E-state index is 0.0813. The van der Waals surface area contributed by atoms with E-state index in [0.717, 1.165) is 51.7 Å². The first-order chi connectivity index (χ1) is 9.76. The molecular weight excluding hydrogens is 252 g/mol. The Morgan fingerprint density at radius 2 is 2.00 bits per heavy atom. The lowest BCUT2D eigenvalue weighted by Crippen LogP contribution is -2.53. The highest BCUT2D eigenvalue weighted by molar-refractivity contribution is 5.84. The molecule has 0 aromatic rings. The van der Waals surface area contributed by atoms with Gasteiger partial charge in [-0.2, -0.15) is 0 Å². The number of likely N-dealkylation sites (tertiary alicyclic amines) is 1. The number of hydrogen-bond donors (Lipinski definition) is 2. The molecule has 3 rings (SSSR count). The summed E-state index contributed by atoms with van der Waals surface area (Å²) >= 11 is 0. The summed E-state index contributed by atoms with van der Waals surface area (Å²) in [5.74, 6) is 1.04. The first-order valence-corrected chi connectivity index (χ1v) is 8.40. The third-order valence-electron chi connectivity index (χ3n) is 5.86. The molecule has 2 saturated heterocycles. The Bertz CT molecular complexity index is 352. The summed E-state index contributed by atoms with van der Waals surface area (Å²) in [4.78, 5) is 15.2. The number of rotatable bonds is 3. The maximum atomic E-state index is 13.1. The number of aliphatic hydroxyl groups is 1. The van der Waals surface area contributed by atoms with Gasteiger partial charge in [0.05, 0.1) is 5.41 Å². The Labute approximate surface area is 121 Å². The van der Waals surface area contributed by atoms with E-state index < -0.39 is 0 Å². The first-order valence-electron chi connectivity index (χ1n) is 8.40. The summed E-state index contributed by atoms with van der Waals surface area (Å²) in [7, 11) is 0. The van der Waals surface area contributed by atoms with E-state index in [4.69, 9.17) is 5.11 Å². The van der Waals surface area contributed by atoms with Gasteiger partial charge < -0.3 is 15.3 Å². The zero-order valence-electron chi connectivity index (χ0n) is 12.4. The van der Waals surface area contributed by atoms with Crippen molar-refractivity contribution in [3.63, 3.8) is 0 Å². The van der Waals surface area contributed by atoms with E-state index in [2.05, 4.69) is 10.2 Å². The predicted molar refractivity (Wildman–Crippen MR) is 78.3 cm³/mol. The van der Waals surface area contributed by atoms with Gasteiger partial charge in [-0.15, -0.1) is 0 Å². The highest BCUT2D eigenvalue weighted by Crippen LogP contribution is 2.44. The topological polar surface area (TPSA) is 52.6 Å². The molecule has 114 valence electrons. The van der Waals surface area contributed by atoms with E-state index in [-0.39, 0.29) is 12.0 Å². The first kappa shape index (κ1) is 14.3. The van der Waals surface area contributed by atoms with Crippen LogP contribution in [0.2, 0.25) is 0 Å². The maximum absolute atomic E-state index is 13.1. The standard InChI is InChI=1S/C16H28N2O2/c19-12-6-13-4-10-18(11-5-13)15(20)16-7-2-1-3-14(16)17-9-8-16/h13-14,17,19H,1-12H2/t14-,16+/m0/s1. The quantitative estimate of drug-likeness (QED) is 0.824. The van der Waals surface area contributed by atoms with E-state index in [1.165, 1.54) is 19.3 Å². The number of carbonyl (C=O) groups is 1. The molecule has 2 atom stereocenters. The fraction of sp³-hybridized carbons (Fsp3) is 0.938. The molecule has 2 heterocycles. The Kier molecular flexibility index (Phi) is 4.32. The number of carbonyl (C=O) groups excluding carboxylic acids is 1. The van der Waals surface area contributed by atoms with Crippen molar-refractivity contribution in [2.75, 3.05) is 26.2 Å². The van der Waals surface area contributed by atoms with Gasteiger partial charge in [0.1, 0.15) is 0 Å². The number of nitrogens with one attached hydrogen (secondary N) is 1. The van der Waals surface area contributed by atoms with Crippen LogP contribution in [0.5, 0.6) is 0 Å². The minimum Gasteiger partial charge on any atom is -0.396 e. The number of nitrogens with zero attached hydrogens (tertiary/aromatic N) is 1. The Hall–Kier alpha value is -0.610. The average Bonchev–Trinajstić information content (AvgIpc) is 2.92. The lowest BCUT2D eigenvalue weighted by molar-refractivity contribution is -0.146. The summed E-state index contributed by atoms with van der Waals surface area (Å²) < 4.78 is 0. The molecule has 1 amide bonds. The van der Waals surface area contributed by atoms with E-state index >= 15 is 0 Å². The van der Waals surface area contributed by atoms with Crippen molar-refractivity contribution in [2.45, 2.75) is 57.4 Å². The Morgan fingerprint density at radius 3 is 2.75 bits per heavy atom. The molecule has 3 fully saturated rings. The Morgan fingerprint density at radius 1 is 1.20 bits per heavy atom. The summed E-state index contributed by atoms with van der Waals surface area (Å²) in [5.41, 5.74) is -0.0813. The summed E-state index contributed by atoms with van der Waals surface area (Å²) in [6.45, 7) is 3.10. The lowest BCUT2D eigenvalue weighted by atomic mass is 9.69. The number of hydrogen-bond acceptors (Lipinski definition) is 3. The van der Waals surface area contributed by atoms with Gasteiger partial charge in [-0.05, 0) is 51.0 Å². The average molecular weight is 280 g/mol. The van der Waals surface area contributed by atoms with Crippen LogP contribution in [0.3, 0.4) is 0 Å². The third-order valence-corrected chi connectivity index (χ3v) is 5.86. The van der Waals surface area contributed by atoms with Crippen LogP contribution in [0.25, 0.3) is 0 Å². The fourth-order valence-electron chi connectivity index (χ4n) is 4.59. The van der Waals surface area contributed by atoms with E-state index in [1.54, 1.807) is 0 Å². The maximum Gasteiger partial charge on any atom is 0.230 e. The molecule has 3 aliphatic rings. The molecule has 1 aliphatic carbocycles. The van der Waals surface area contributed by atoms with Gasteiger partial charge >= 0.3 is 0 Å². The van der Waals surface area contributed by atoms with Crippen molar-refractivity contribution in [3.05, 3.63) is 0 Å². The van der Waals surface area contributed by atoms with Crippen LogP contribution in [0, 0.1) is 11.3 Å². The molecule has 0 spiro atoms. The lowest BCUT2D eigenvalue weighted by Gasteiger charge is -2.43. The molecular formula is C16H28N2O2. The smallest absolute Gasteiger partial charge is 0.230 e. The molecule has 20 heavy (non-hydrogen) atoms. The zero-order chi connectivity index (χ0) is 14.0. The van der Waals surface area contributed by atoms with Gasteiger partial charge in [-0.3, -0.25) is 4.79 Å². The van der Waals surface area contributed by atoms with Gasteiger partial charge in [-0.25, -0.2) is 0 Å². The monoisotopic (exact) mass is 280 g/mol. The summed E-state index contributed by atoms with van der Waals surface area (Å²) in [6.07, 6.45) is 8.81. The molecule has 0 radical (unpaired) electrons. The third kappa shape index (κ3) is 2.48. The van der Waals surface area contributed by atoms with Crippen LogP contribution in [0.15, 0.2) is 0 Å². The van der Waals surface area contributed by atoms with Gasteiger partial charge in [-0.1, -0.05) is 12.8 Å². The van der Waals surface area contributed by atoms with Gasteiger partial charge in [0, 0.05) is 25.7 Å². The number of aliphatic hydroxyl groups excluding tert-OH is 1. The fourth-order valence-corrected chi connectivity index (χ4v) is 4.59. The molecule has 0 unspecified atom stereocenters. The van der Waals surface area contributed by atoms with Gasteiger partial charge in [0.15, 0.2) is 0 Å². The van der Waals surface area contributed by atoms with Crippen LogP contribution in [-0.4, -0.2) is 48.2 Å². The molecule has 4 heteroatoms. The summed E-state index contributed by atoms with van der Waals surface area (Å²) in [5, 5.41) is 12.6. The number of amides is 1. The van der Waals surface area contributed by atoms with Crippen molar-refractivity contribution in [3.8, 4) is 0 Å². The molecule has 2 aliphatic heterocycles. The normalized spacial score (nSPS) is 35.0. The van der Waals surface area contributed by atoms with Crippen LogP contribution in [0.4, 0.5) is 0 Å². The highest BCUT2D eigenvalue weighted by atomic mass is 16.3. The Balaban J connectivity index is 1.64. The molecule has 0 aromatic carbocycles. The highest BCUT2D eigenvalue weighted by Gasteiger charge is 2.51. The van der Waals surface area contributed by atoms with Gasteiger partial charge in [0.2, 0.25) is 5.91 Å². The second kappa shape index (κ2) is 6.02. The van der Waals surface area contributed by atoms with E-state index in [1.807, 2.05) is 0 Å². The van der Waals surface area contributed by atoms with Crippen molar-refractivity contribution in [2.24, 2.45) is 11.3 Å². The van der Waals surface area contributed by atoms with E-state index in [0.29, 0.717) is 17.9 Å². The second-order valence-electron chi connectivity index (χ2n) is 6.91. The summed E-state index contributed by atoms with van der Waals surface area (Å²) in [6, 6.07) is 0.430. The second-order valence-corrected chi connectivity index (χ2v) is 6.91. The van der Waals surface area contributed by atoms with Crippen LogP contribution < -0.4 is 5.32 Å². The van der Waals surface area contributed by atoms with Crippen LogP contribution >= 0.6 is 0 Å². The van der Waals surface area contributed by atoms with Gasteiger partial charge in [0.25, 0.3) is 0 Å². The molecule has 4 nitrogen and oxygen atoms in total. The number of fused-ring (bicyclic) bond motifs is 1. The number of piperidine rings is 1. The molecule has 0 aromatic heterocycles. The SMILES string of the molecule is O=C(N1CCC(CCO)CC1)[C@@]12CCCC[C@@H]1NCC2. The van der Waals surface area contributed by atoms with Crippen molar-refractivity contribution in [1.82, 2.24) is 10.2 Å².